The number of carbonyl (C=O) groups excluding carboxylic acids is 1. The highest BCUT2D eigenvalue weighted by molar-refractivity contribution is 6.09. The highest BCUT2D eigenvalue weighted by atomic mass is 19.1. The second-order valence-electron chi connectivity index (χ2n) is 5.15. The molecule has 0 aliphatic carbocycles. The van der Waals surface area contributed by atoms with Crippen molar-refractivity contribution in [1.82, 2.24) is 4.98 Å². The number of nitrogens with one attached hydrogen (secondary N) is 1. The second-order valence-corrected chi connectivity index (χ2v) is 5.15. The quantitative estimate of drug-likeness (QED) is 0.833. The van der Waals surface area contributed by atoms with Gasteiger partial charge in [-0.3, -0.25) is 9.59 Å². The summed E-state index contributed by atoms with van der Waals surface area (Å²) in [4.78, 5) is 26.0. The molecule has 2 aromatic rings. The summed E-state index contributed by atoms with van der Waals surface area (Å²) in [5, 5.41) is 9.24. The summed E-state index contributed by atoms with van der Waals surface area (Å²) in [6.45, 7) is 2.94. The molecule has 100 valence electrons. The van der Waals surface area contributed by atoms with Crippen molar-refractivity contribution in [2.45, 2.75) is 20.3 Å². The first-order valence-electron chi connectivity index (χ1n) is 5.85. The number of fused-ring (bicyclic) bond motifs is 1. The molecule has 0 bridgehead atoms. The zero-order chi connectivity index (χ0) is 14.2. The van der Waals surface area contributed by atoms with Crippen LogP contribution in [0.25, 0.3) is 10.9 Å². The Morgan fingerprint density at radius 3 is 2.68 bits per heavy atom. The van der Waals surface area contributed by atoms with E-state index in [1.54, 1.807) is 12.1 Å². The van der Waals surface area contributed by atoms with Crippen LogP contribution in [0.1, 0.15) is 30.6 Å². The van der Waals surface area contributed by atoms with Crippen molar-refractivity contribution in [3.8, 4) is 0 Å². The smallest absolute Gasteiger partial charge is 0.309 e. The molecule has 5 heteroatoms. The third-order valence-electron chi connectivity index (χ3n) is 3.14. The monoisotopic (exact) mass is 263 g/mol. The van der Waals surface area contributed by atoms with E-state index in [-0.39, 0.29) is 23.2 Å². The van der Waals surface area contributed by atoms with Crippen LogP contribution in [0.2, 0.25) is 0 Å². The van der Waals surface area contributed by atoms with Gasteiger partial charge in [-0.1, -0.05) is 6.07 Å². The molecule has 4 nitrogen and oxygen atoms in total. The third kappa shape index (κ3) is 2.36. The van der Waals surface area contributed by atoms with Gasteiger partial charge in [0.1, 0.15) is 5.82 Å². The number of H-pyrrole nitrogens is 1. The molecular formula is C14H14FNO3. The predicted octanol–water partition coefficient (Wildman–Crippen LogP) is 2.99. The van der Waals surface area contributed by atoms with Crippen molar-refractivity contribution in [1.29, 1.82) is 0 Å². The normalized spacial score (nSPS) is 11.7. The van der Waals surface area contributed by atoms with Crippen LogP contribution in [0.3, 0.4) is 0 Å². The van der Waals surface area contributed by atoms with E-state index in [0.29, 0.717) is 5.52 Å². The Kier molecular flexibility index (Phi) is 3.14. The lowest BCUT2D eigenvalue weighted by atomic mass is 9.85. The average molecular weight is 263 g/mol. The van der Waals surface area contributed by atoms with Gasteiger partial charge in [0, 0.05) is 29.1 Å². The van der Waals surface area contributed by atoms with Gasteiger partial charge in [-0.05, 0) is 26.0 Å². The highest BCUT2D eigenvalue weighted by Crippen LogP contribution is 2.27. The number of aromatic amines is 1. The molecule has 0 saturated carbocycles. The van der Waals surface area contributed by atoms with Crippen molar-refractivity contribution in [3.05, 3.63) is 35.8 Å². The molecule has 1 aromatic heterocycles. The van der Waals surface area contributed by atoms with Gasteiger partial charge in [0.05, 0.1) is 5.41 Å². The summed E-state index contributed by atoms with van der Waals surface area (Å²) in [7, 11) is 0. The number of ketones is 1. The van der Waals surface area contributed by atoms with Crippen molar-refractivity contribution in [3.63, 3.8) is 0 Å². The fourth-order valence-electron chi connectivity index (χ4n) is 1.93. The molecule has 0 aliphatic rings. The molecule has 0 radical (unpaired) electrons. The van der Waals surface area contributed by atoms with E-state index in [2.05, 4.69) is 4.98 Å². The van der Waals surface area contributed by atoms with Gasteiger partial charge in [-0.25, -0.2) is 4.39 Å². The molecule has 0 unspecified atom stereocenters. The number of hydrogen-bond acceptors (Lipinski definition) is 2. The topological polar surface area (TPSA) is 70.2 Å². The van der Waals surface area contributed by atoms with Crippen molar-refractivity contribution in [2.24, 2.45) is 5.41 Å². The van der Waals surface area contributed by atoms with Crippen molar-refractivity contribution in [2.75, 3.05) is 0 Å². The maximum Gasteiger partial charge on any atom is 0.309 e. The third-order valence-corrected chi connectivity index (χ3v) is 3.14. The summed E-state index contributed by atoms with van der Waals surface area (Å²) < 4.78 is 13.7. The SMILES string of the molecule is CC(C)(CC(=O)c1c[nH]c2cccc(F)c12)C(=O)O. The number of carboxylic acid groups (broad SMARTS) is 1. The summed E-state index contributed by atoms with van der Waals surface area (Å²) in [6, 6.07) is 4.48. The van der Waals surface area contributed by atoms with Crippen molar-refractivity contribution < 1.29 is 19.1 Å². The van der Waals surface area contributed by atoms with Gasteiger partial charge >= 0.3 is 5.97 Å². The van der Waals surface area contributed by atoms with Crippen LogP contribution < -0.4 is 0 Å². The Hall–Kier alpha value is -2.17. The minimum atomic E-state index is -1.17. The summed E-state index contributed by atoms with van der Waals surface area (Å²) in [5.41, 5.74) is -0.453. The molecule has 1 heterocycles. The first-order chi connectivity index (χ1) is 8.83. The lowest BCUT2D eigenvalue weighted by Crippen LogP contribution is -2.26. The molecule has 0 fully saturated rings. The standard InChI is InChI=1S/C14H14FNO3/c1-14(2,13(18)19)6-11(17)8-7-16-10-5-3-4-9(15)12(8)10/h3-5,7,16H,6H2,1-2H3,(H,18,19). The molecule has 2 rings (SSSR count). The molecule has 0 spiro atoms. The molecule has 0 saturated heterocycles. The average Bonchev–Trinajstić information content (AvgIpc) is 2.73. The van der Waals surface area contributed by atoms with Crippen LogP contribution in [-0.4, -0.2) is 21.8 Å². The summed E-state index contributed by atoms with van der Waals surface area (Å²) in [5.74, 6) is -1.93. The molecule has 0 atom stereocenters. The maximum absolute atomic E-state index is 13.7. The molecule has 2 N–H and O–H groups in total. The zero-order valence-electron chi connectivity index (χ0n) is 10.7. The number of halogens is 1. The van der Waals surface area contributed by atoms with E-state index in [4.69, 9.17) is 5.11 Å². The Bertz CT molecular complexity index is 658. The number of Topliss-reactive ketones (excluding diaryl/α,β-unsaturated/α-hetero) is 1. The van der Waals surface area contributed by atoms with Gasteiger partial charge < -0.3 is 10.1 Å². The number of carbonyl (C=O) groups is 2. The molecular weight excluding hydrogens is 249 g/mol. The largest absolute Gasteiger partial charge is 0.481 e. The predicted molar refractivity (Wildman–Crippen MR) is 68.6 cm³/mol. The van der Waals surface area contributed by atoms with Gasteiger partial charge in [0.25, 0.3) is 0 Å². The van der Waals surface area contributed by atoms with E-state index in [0.717, 1.165) is 0 Å². The van der Waals surface area contributed by atoms with Crippen LogP contribution >= 0.6 is 0 Å². The van der Waals surface area contributed by atoms with Crippen LogP contribution in [0, 0.1) is 11.2 Å². The highest BCUT2D eigenvalue weighted by Gasteiger charge is 2.31. The number of hydrogen-bond donors (Lipinski definition) is 2. The van der Waals surface area contributed by atoms with E-state index >= 15 is 0 Å². The van der Waals surface area contributed by atoms with Crippen LogP contribution in [0.4, 0.5) is 4.39 Å². The van der Waals surface area contributed by atoms with Gasteiger partial charge in [0.15, 0.2) is 5.78 Å². The van der Waals surface area contributed by atoms with Gasteiger partial charge in [-0.15, -0.1) is 0 Å². The Morgan fingerprint density at radius 2 is 2.05 bits per heavy atom. The van der Waals surface area contributed by atoms with Crippen LogP contribution in [0.5, 0.6) is 0 Å². The number of carboxylic acids is 1. The van der Waals surface area contributed by atoms with E-state index in [1.165, 1.54) is 26.1 Å². The Labute approximate surface area is 109 Å². The zero-order valence-corrected chi connectivity index (χ0v) is 10.7. The van der Waals surface area contributed by atoms with Crippen LogP contribution in [0.15, 0.2) is 24.4 Å². The number of aromatic nitrogens is 1. The molecule has 1 aromatic carbocycles. The molecule has 19 heavy (non-hydrogen) atoms. The van der Waals surface area contributed by atoms with Gasteiger partial charge in [-0.2, -0.15) is 0 Å². The number of benzene rings is 1. The van der Waals surface area contributed by atoms with Gasteiger partial charge in [0.2, 0.25) is 0 Å². The van der Waals surface area contributed by atoms with Crippen molar-refractivity contribution >= 4 is 22.7 Å². The summed E-state index contributed by atoms with van der Waals surface area (Å²) >= 11 is 0. The fraction of sp³-hybridized carbons (Fsp3) is 0.286. The lowest BCUT2D eigenvalue weighted by Gasteiger charge is -2.17. The summed E-state index contributed by atoms with van der Waals surface area (Å²) in [6.07, 6.45) is 1.25. The van der Waals surface area contributed by atoms with Crippen LogP contribution in [-0.2, 0) is 4.79 Å². The Morgan fingerprint density at radius 1 is 1.37 bits per heavy atom. The fourth-order valence-corrected chi connectivity index (χ4v) is 1.93. The number of rotatable bonds is 4. The first-order valence-corrected chi connectivity index (χ1v) is 5.85. The molecule has 0 amide bonds. The second kappa shape index (κ2) is 4.50. The van der Waals surface area contributed by atoms with E-state index < -0.39 is 17.2 Å². The van der Waals surface area contributed by atoms with E-state index in [9.17, 15) is 14.0 Å². The molecule has 0 aliphatic heterocycles. The van der Waals surface area contributed by atoms with E-state index in [1.807, 2.05) is 0 Å². The first kappa shape index (κ1) is 13.3. The minimum absolute atomic E-state index is 0.177. The minimum Gasteiger partial charge on any atom is -0.481 e. The lowest BCUT2D eigenvalue weighted by molar-refractivity contribution is -0.146. The Balaban J connectivity index is 2.40. The maximum atomic E-state index is 13.7. The number of aliphatic carboxylic acids is 1.